The van der Waals surface area contributed by atoms with Crippen LogP contribution in [0.1, 0.15) is 12.8 Å². The highest BCUT2D eigenvalue weighted by atomic mass is 16.5. The first-order chi connectivity index (χ1) is 7.31. The van der Waals surface area contributed by atoms with E-state index in [0.29, 0.717) is 12.8 Å². The van der Waals surface area contributed by atoms with E-state index in [-0.39, 0.29) is 6.10 Å². The zero-order chi connectivity index (χ0) is 10.7. The molecule has 0 saturated carbocycles. The van der Waals surface area contributed by atoms with Crippen LogP contribution in [0, 0.1) is 11.5 Å². The van der Waals surface area contributed by atoms with Crippen molar-refractivity contribution >= 4 is 0 Å². The second kappa shape index (κ2) is 4.79. The highest BCUT2D eigenvalue weighted by Gasteiger charge is 2.28. The molecule has 0 aromatic rings. The second-order valence-electron chi connectivity index (χ2n) is 4.26. The number of nitriles is 1. The van der Waals surface area contributed by atoms with Crippen molar-refractivity contribution in [1.29, 1.82) is 5.26 Å². The fraction of sp³-hybridized carbons (Fsp3) is 0.900. The van der Waals surface area contributed by atoms with Crippen molar-refractivity contribution in [1.82, 2.24) is 9.80 Å². The SMILES string of the molecule is N#CN1CC[C@H](O[C@@H]2CCN(CN)C2)C1. The molecule has 84 valence electrons. The minimum absolute atomic E-state index is 0.243. The van der Waals surface area contributed by atoms with E-state index >= 15 is 0 Å². The van der Waals surface area contributed by atoms with E-state index in [2.05, 4.69) is 11.1 Å². The van der Waals surface area contributed by atoms with E-state index in [4.69, 9.17) is 15.7 Å². The maximum atomic E-state index is 8.72. The number of hydrogen-bond acceptors (Lipinski definition) is 5. The number of nitrogens with zero attached hydrogens (tertiary/aromatic N) is 3. The number of nitrogens with two attached hydrogens (primary N) is 1. The standard InChI is InChI=1S/C10H18N4O/c11-7-13-3-1-9(5-13)15-10-2-4-14(6-10)8-12/h9-10H,1-7,11H2/t9-,10+/m1/s1. The van der Waals surface area contributed by atoms with Crippen LogP contribution in [0.3, 0.4) is 0 Å². The molecule has 5 heteroatoms. The maximum Gasteiger partial charge on any atom is 0.179 e. The van der Waals surface area contributed by atoms with Gasteiger partial charge in [0.2, 0.25) is 0 Å². The molecule has 0 radical (unpaired) electrons. The Hall–Kier alpha value is -0.830. The van der Waals surface area contributed by atoms with Crippen molar-refractivity contribution in [2.75, 3.05) is 32.8 Å². The van der Waals surface area contributed by atoms with Crippen molar-refractivity contribution in [3.8, 4) is 6.19 Å². The molecule has 0 amide bonds. The van der Waals surface area contributed by atoms with Crippen molar-refractivity contribution in [2.45, 2.75) is 25.0 Å². The predicted molar refractivity (Wildman–Crippen MR) is 55.7 cm³/mol. The summed E-state index contributed by atoms with van der Waals surface area (Å²) in [7, 11) is 0. The van der Waals surface area contributed by atoms with Crippen LogP contribution in [0.15, 0.2) is 0 Å². The molecule has 0 aliphatic carbocycles. The first kappa shape index (κ1) is 10.7. The highest BCUT2D eigenvalue weighted by Crippen LogP contribution is 2.18. The first-order valence-electron chi connectivity index (χ1n) is 5.54. The van der Waals surface area contributed by atoms with Crippen LogP contribution in [0.2, 0.25) is 0 Å². The quantitative estimate of drug-likeness (QED) is 0.639. The molecule has 0 spiro atoms. The molecule has 0 aromatic heterocycles. The van der Waals surface area contributed by atoms with Crippen molar-refractivity contribution < 1.29 is 4.74 Å². The van der Waals surface area contributed by atoms with E-state index in [9.17, 15) is 0 Å². The number of ether oxygens (including phenoxy) is 1. The van der Waals surface area contributed by atoms with Gasteiger partial charge in [-0.3, -0.25) is 4.90 Å². The molecule has 0 bridgehead atoms. The Bertz CT molecular complexity index is 252. The van der Waals surface area contributed by atoms with Gasteiger partial charge >= 0.3 is 0 Å². The summed E-state index contributed by atoms with van der Waals surface area (Å²) in [5.74, 6) is 0. The average molecular weight is 210 g/mol. The largest absolute Gasteiger partial charge is 0.372 e. The summed E-state index contributed by atoms with van der Waals surface area (Å²) in [4.78, 5) is 3.96. The van der Waals surface area contributed by atoms with Gasteiger partial charge in [-0.2, -0.15) is 5.26 Å². The zero-order valence-electron chi connectivity index (χ0n) is 8.93. The zero-order valence-corrected chi connectivity index (χ0v) is 8.93. The lowest BCUT2D eigenvalue weighted by molar-refractivity contribution is 0.00188. The molecule has 2 N–H and O–H groups in total. The van der Waals surface area contributed by atoms with Gasteiger partial charge in [-0.25, -0.2) is 0 Å². The summed E-state index contributed by atoms with van der Waals surface area (Å²) in [5, 5.41) is 8.72. The van der Waals surface area contributed by atoms with E-state index in [1.54, 1.807) is 4.90 Å². The van der Waals surface area contributed by atoms with Gasteiger partial charge in [-0.15, -0.1) is 0 Å². The smallest absolute Gasteiger partial charge is 0.179 e. The van der Waals surface area contributed by atoms with Gasteiger partial charge < -0.3 is 15.4 Å². The summed E-state index contributed by atoms with van der Waals surface area (Å²) < 4.78 is 5.95. The number of likely N-dealkylation sites (tertiary alicyclic amines) is 2. The van der Waals surface area contributed by atoms with Gasteiger partial charge in [0, 0.05) is 26.3 Å². The van der Waals surface area contributed by atoms with Crippen LogP contribution in [0.5, 0.6) is 0 Å². The van der Waals surface area contributed by atoms with Crippen LogP contribution in [0.25, 0.3) is 0 Å². The second-order valence-corrected chi connectivity index (χ2v) is 4.26. The lowest BCUT2D eigenvalue weighted by Gasteiger charge is -2.18. The molecular formula is C10H18N4O. The van der Waals surface area contributed by atoms with Crippen LogP contribution < -0.4 is 5.73 Å². The molecule has 2 fully saturated rings. The number of hydrogen-bond donors (Lipinski definition) is 1. The van der Waals surface area contributed by atoms with Crippen LogP contribution in [0.4, 0.5) is 0 Å². The Morgan fingerprint density at radius 2 is 2.00 bits per heavy atom. The molecule has 0 aromatic carbocycles. The molecular weight excluding hydrogens is 192 g/mol. The Morgan fingerprint density at radius 3 is 2.60 bits per heavy atom. The summed E-state index contributed by atoms with van der Waals surface area (Å²) >= 11 is 0. The van der Waals surface area contributed by atoms with Crippen molar-refractivity contribution in [3.63, 3.8) is 0 Å². The molecule has 5 nitrogen and oxygen atoms in total. The fourth-order valence-corrected chi connectivity index (χ4v) is 2.28. The Labute approximate surface area is 90.4 Å². The van der Waals surface area contributed by atoms with E-state index < -0.39 is 0 Å². The van der Waals surface area contributed by atoms with Gasteiger partial charge in [0.15, 0.2) is 6.19 Å². The molecule has 2 aliphatic rings. The lowest BCUT2D eigenvalue weighted by Crippen LogP contribution is -2.31. The van der Waals surface area contributed by atoms with Gasteiger partial charge in [-0.05, 0) is 12.8 Å². The minimum atomic E-state index is 0.243. The third-order valence-corrected chi connectivity index (χ3v) is 3.16. The number of rotatable bonds is 3. The monoisotopic (exact) mass is 210 g/mol. The third kappa shape index (κ3) is 2.59. The lowest BCUT2D eigenvalue weighted by atomic mass is 10.3. The van der Waals surface area contributed by atoms with Crippen LogP contribution >= 0.6 is 0 Å². The molecule has 2 heterocycles. The van der Waals surface area contributed by atoms with Gasteiger partial charge in [-0.1, -0.05) is 0 Å². The van der Waals surface area contributed by atoms with E-state index in [1.807, 2.05) is 0 Å². The van der Waals surface area contributed by atoms with Gasteiger partial charge in [0.1, 0.15) is 0 Å². The topological polar surface area (TPSA) is 65.5 Å². The summed E-state index contributed by atoms with van der Waals surface area (Å²) in [5.41, 5.74) is 5.57. The van der Waals surface area contributed by atoms with Crippen LogP contribution in [-0.2, 0) is 4.74 Å². The van der Waals surface area contributed by atoms with E-state index in [1.165, 1.54) is 0 Å². The van der Waals surface area contributed by atoms with Gasteiger partial charge in [0.05, 0.1) is 18.8 Å². The summed E-state index contributed by atoms with van der Waals surface area (Å²) in [6.45, 7) is 4.20. The Kier molecular flexibility index (Phi) is 3.41. The summed E-state index contributed by atoms with van der Waals surface area (Å²) in [6, 6.07) is 0. The summed E-state index contributed by atoms with van der Waals surface area (Å²) in [6.07, 6.45) is 4.77. The molecule has 2 atom stereocenters. The molecule has 2 saturated heterocycles. The maximum absolute atomic E-state index is 8.72. The Balaban J connectivity index is 1.72. The Morgan fingerprint density at radius 1 is 1.27 bits per heavy atom. The normalized spacial score (nSPS) is 32.1. The van der Waals surface area contributed by atoms with Crippen molar-refractivity contribution in [3.05, 3.63) is 0 Å². The average Bonchev–Trinajstić information content (AvgIpc) is 2.87. The molecule has 15 heavy (non-hydrogen) atoms. The minimum Gasteiger partial charge on any atom is -0.372 e. The fourth-order valence-electron chi connectivity index (χ4n) is 2.28. The van der Waals surface area contributed by atoms with Gasteiger partial charge in [0.25, 0.3) is 0 Å². The van der Waals surface area contributed by atoms with Crippen LogP contribution in [-0.4, -0.2) is 54.9 Å². The van der Waals surface area contributed by atoms with E-state index in [0.717, 1.165) is 39.0 Å². The molecule has 2 aliphatic heterocycles. The predicted octanol–water partition coefficient (Wildman–Crippen LogP) is -0.451. The first-order valence-corrected chi connectivity index (χ1v) is 5.54. The highest BCUT2D eigenvalue weighted by molar-refractivity contribution is 4.86. The molecule has 2 rings (SSSR count). The molecule has 0 unspecified atom stereocenters. The van der Waals surface area contributed by atoms with Crippen molar-refractivity contribution in [2.24, 2.45) is 5.73 Å². The third-order valence-electron chi connectivity index (χ3n) is 3.16.